The van der Waals surface area contributed by atoms with Crippen LogP contribution in [0.3, 0.4) is 0 Å². The minimum atomic E-state index is -0.326. The highest BCUT2D eigenvalue weighted by atomic mass is 35.5. The lowest BCUT2D eigenvalue weighted by Crippen LogP contribution is -2.11. The Morgan fingerprint density at radius 2 is 1.78 bits per heavy atom. The zero-order chi connectivity index (χ0) is 19.0. The molecule has 0 unspecified atom stereocenters. The van der Waals surface area contributed by atoms with Crippen molar-refractivity contribution in [2.24, 2.45) is 0 Å². The molecule has 0 saturated carbocycles. The maximum absolute atomic E-state index is 12.6. The van der Waals surface area contributed by atoms with E-state index in [1.165, 1.54) is 12.1 Å². The van der Waals surface area contributed by atoms with Gasteiger partial charge in [-0.05, 0) is 36.4 Å². The molecular weight excluding hydrogens is 368 g/mol. The Balaban J connectivity index is 1.66. The van der Waals surface area contributed by atoms with Crippen molar-refractivity contribution in [3.05, 3.63) is 81.5 Å². The van der Waals surface area contributed by atoms with Gasteiger partial charge in [-0.25, -0.2) is 0 Å². The van der Waals surface area contributed by atoms with Crippen LogP contribution >= 0.6 is 11.6 Å². The fourth-order valence-electron chi connectivity index (χ4n) is 2.83. The molecule has 134 valence electrons. The van der Waals surface area contributed by atoms with Crippen LogP contribution in [0.1, 0.15) is 10.4 Å². The van der Waals surface area contributed by atoms with Gasteiger partial charge < -0.3 is 14.3 Å². The molecule has 0 saturated heterocycles. The standard InChI is InChI=1S/C21H13ClO5/c22-13-7-5-12(6-8-13)17(24)11-26-14-9-16(23)20-19(10-14)27-18-4-2-1-3-15(18)21(20)25/h1-10,23H,11H2. The Kier molecular flexibility index (Phi) is 4.30. The molecule has 3 aromatic carbocycles. The number of ether oxygens (including phenoxy) is 1. The topological polar surface area (TPSA) is 76.7 Å². The second-order valence-corrected chi connectivity index (χ2v) is 6.40. The van der Waals surface area contributed by atoms with Crippen LogP contribution in [-0.4, -0.2) is 17.5 Å². The van der Waals surface area contributed by atoms with Gasteiger partial charge in [0.15, 0.2) is 12.4 Å². The molecule has 0 fully saturated rings. The van der Waals surface area contributed by atoms with Crippen molar-refractivity contribution >= 4 is 39.3 Å². The van der Waals surface area contributed by atoms with Gasteiger partial charge in [0, 0.05) is 22.7 Å². The summed E-state index contributed by atoms with van der Waals surface area (Å²) in [5, 5.41) is 11.3. The van der Waals surface area contributed by atoms with Crippen molar-refractivity contribution in [3.8, 4) is 11.5 Å². The predicted octanol–water partition coefficient (Wildman–Crippen LogP) is 4.57. The molecule has 0 radical (unpaired) electrons. The van der Waals surface area contributed by atoms with Gasteiger partial charge in [0.05, 0.1) is 5.39 Å². The number of hydrogen-bond acceptors (Lipinski definition) is 5. The average molecular weight is 381 g/mol. The lowest BCUT2D eigenvalue weighted by Gasteiger charge is -2.09. The maximum atomic E-state index is 12.6. The monoisotopic (exact) mass is 380 g/mol. The average Bonchev–Trinajstić information content (AvgIpc) is 2.66. The van der Waals surface area contributed by atoms with Crippen LogP contribution in [-0.2, 0) is 0 Å². The Morgan fingerprint density at radius 1 is 1.04 bits per heavy atom. The highest BCUT2D eigenvalue weighted by Crippen LogP contribution is 2.30. The van der Waals surface area contributed by atoms with Gasteiger partial charge in [-0.3, -0.25) is 9.59 Å². The number of carbonyl (C=O) groups is 1. The van der Waals surface area contributed by atoms with Gasteiger partial charge in [-0.15, -0.1) is 0 Å². The third kappa shape index (κ3) is 3.25. The summed E-state index contributed by atoms with van der Waals surface area (Å²) in [6, 6.07) is 16.0. The Morgan fingerprint density at radius 3 is 2.56 bits per heavy atom. The first-order chi connectivity index (χ1) is 13.0. The number of benzene rings is 3. The molecule has 0 amide bonds. The summed E-state index contributed by atoms with van der Waals surface area (Å²) in [7, 11) is 0. The van der Waals surface area contributed by atoms with E-state index in [-0.39, 0.29) is 40.3 Å². The summed E-state index contributed by atoms with van der Waals surface area (Å²) < 4.78 is 11.2. The van der Waals surface area contributed by atoms with Gasteiger partial charge in [-0.1, -0.05) is 23.7 Å². The quantitative estimate of drug-likeness (QED) is 0.414. The molecular formula is C21H13ClO5. The third-order valence-electron chi connectivity index (χ3n) is 4.17. The highest BCUT2D eigenvalue weighted by Gasteiger charge is 2.14. The Hall–Kier alpha value is -3.31. The Labute approximate surface area is 158 Å². The number of hydrogen-bond donors (Lipinski definition) is 1. The molecule has 5 nitrogen and oxygen atoms in total. The first kappa shape index (κ1) is 17.1. The first-order valence-electron chi connectivity index (χ1n) is 8.13. The summed E-state index contributed by atoms with van der Waals surface area (Å²) in [5.41, 5.74) is 0.728. The van der Waals surface area contributed by atoms with E-state index in [1.54, 1.807) is 48.5 Å². The smallest absolute Gasteiger partial charge is 0.204 e. The minimum Gasteiger partial charge on any atom is -0.507 e. The summed E-state index contributed by atoms with van der Waals surface area (Å²) in [6.45, 7) is -0.232. The molecule has 4 aromatic rings. The molecule has 0 spiro atoms. The number of ketones is 1. The fraction of sp³-hybridized carbons (Fsp3) is 0.0476. The normalized spacial score (nSPS) is 11.0. The molecule has 1 N–H and O–H groups in total. The van der Waals surface area contributed by atoms with E-state index < -0.39 is 0 Å². The molecule has 0 aliphatic carbocycles. The molecule has 0 aliphatic heterocycles. The second kappa shape index (κ2) is 6.78. The van der Waals surface area contributed by atoms with Crippen LogP contribution in [0.2, 0.25) is 5.02 Å². The minimum absolute atomic E-state index is 0.0741. The van der Waals surface area contributed by atoms with E-state index in [2.05, 4.69) is 0 Å². The van der Waals surface area contributed by atoms with Crippen LogP contribution in [0.15, 0.2) is 69.9 Å². The van der Waals surface area contributed by atoms with Crippen molar-refractivity contribution in [1.82, 2.24) is 0 Å². The van der Waals surface area contributed by atoms with Gasteiger partial charge in [0.25, 0.3) is 0 Å². The van der Waals surface area contributed by atoms with Crippen molar-refractivity contribution in [2.45, 2.75) is 0 Å². The number of aromatic hydroxyl groups is 1. The summed E-state index contributed by atoms with van der Waals surface area (Å²) in [4.78, 5) is 24.8. The molecule has 4 rings (SSSR count). The molecule has 1 heterocycles. The molecule has 0 aliphatic rings. The summed E-state index contributed by atoms with van der Waals surface area (Å²) in [6.07, 6.45) is 0. The lowest BCUT2D eigenvalue weighted by molar-refractivity contribution is 0.0921. The van der Waals surface area contributed by atoms with E-state index in [0.29, 0.717) is 21.6 Å². The number of rotatable bonds is 4. The van der Waals surface area contributed by atoms with Crippen LogP contribution in [0.4, 0.5) is 0 Å². The van der Waals surface area contributed by atoms with Gasteiger partial charge >= 0.3 is 0 Å². The lowest BCUT2D eigenvalue weighted by atomic mass is 10.1. The molecule has 1 aromatic heterocycles. The number of para-hydroxylation sites is 1. The number of fused-ring (bicyclic) bond motifs is 2. The predicted molar refractivity (Wildman–Crippen MR) is 103 cm³/mol. The number of halogens is 1. The van der Waals surface area contributed by atoms with Gasteiger partial charge in [0.2, 0.25) is 5.43 Å². The molecule has 0 atom stereocenters. The molecule has 0 bridgehead atoms. The Bertz CT molecular complexity index is 1230. The SMILES string of the molecule is O=C(COc1cc(O)c2c(=O)c3ccccc3oc2c1)c1ccc(Cl)cc1. The van der Waals surface area contributed by atoms with Crippen molar-refractivity contribution in [1.29, 1.82) is 0 Å². The van der Waals surface area contributed by atoms with Crippen LogP contribution in [0, 0.1) is 0 Å². The van der Waals surface area contributed by atoms with E-state index >= 15 is 0 Å². The molecule has 6 heteroatoms. The van der Waals surface area contributed by atoms with E-state index in [0.717, 1.165) is 0 Å². The van der Waals surface area contributed by atoms with Crippen molar-refractivity contribution < 1.29 is 19.1 Å². The number of phenols is 1. The van der Waals surface area contributed by atoms with Gasteiger partial charge in [-0.2, -0.15) is 0 Å². The van der Waals surface area contributed by atoms with Gasteiger partial charge in [0.1, 0.15) is 28.1 Å². The largest absolute Gasteiger partial charge is 0.507 e. The molecule has 27 heavy (non-hydrogen) atoms. The van der Waals surface area contributed by atoms with Crippen molar-refractivity contribution in [3.63, 3.8) is 0 Å². The number of carbonyl (C=O) groups excluding carboxylic acids is 1. The van der Waals surface area contributed by atoms with E-state index in [9.17, 15) is 14.7 Å². The second-order valence-electron chi connectivity index (χ2n) is 5.96. The first-order valence-corrected chi connectivity index (χ1v) is 8.51. The fourth-order valence-corrected chi connectivity index (χ4v) is 2.96. The number of Topliss-reactive ketones (excluding diaryl/α,β-unsaturated/α-hetero) is 1. The number of phenolic OH excluding ortho intramolecular Hbond substituents is 1. The third-order valence-corrected chi connectivity index (χ3v) is 4.42. The maximum Gasteiger partial charge on any atom is 0.204 e. The van der Waals surface area contributed by atoms with Crippen LogP contribution in [0.25, 0.3) is 21.9 Å². The van der Waals surface area contributed by atoms with E-state index in [4.69, 9.17) is 20.8 Å². The van der Waals surface area contributed by atoms with Crippen LogP contribution in [0.5, 0.6) is 11.5 Å². The summed E-state index contributed by atoms with van der Waals surface area (Å²) >= 11 is 5.81. The highest BCUT2D eigenvalue weighted by molar-refractivity contribution is 6.30. The van der Waals surface area contributed by atoms with Crippen molar-refractivity contribution in [2.75, 3.05) is 6.61 Å². The zero-order valence-electron chi connectivity index (χ0n) is 13.9. The zero-order valence-corrected chi connectivity index (χ0v) is 14.7. The van der Waals surface area contributed by atoms with E-state index in [1.807, 2.05) is 0 Å². The summed E-state index contributed by atoms with van der Waals surface area (Å²) in [5.74, 6) is -0.284. The van der Waals surface area contributed by atoms with Crippen LogP contribution < -0.4 is 10.2 Å².